The van der Waals surface area contributed by atoms with Crippen LogP contribution in [0.1, 0.15) is 136 Å². The van der Waals surface area contributed by atoms with E-state index in [-0.39, 0.29) is 18.1 Å². The predicted octanol–water partition coefficient (Wildman–Crippen LogP) is 8.08. The van der Waals surface area contributed by atoms with Crippen molar-refractivity contribution in [3.05, 3.63) is 0 Å². The quantitative estimate of drug-likeness (QED) is 0.139. The number of aliphatic carboxylic acids is 1. The molecule has 0 fully saturated rings. The summed E-state index contributed by atoms with van der Waals surface area (Å²) in [5, 5.41) is 8.81. The molecule has 0 bridgehead atoms. The van der Waals surface area contributed by atoms with Gasteiger partial charge in [0, 0.05) is 5.25 Å². The molecule has 0 aliphatic rings. The van der Waals surface area contributed by atoms with Gasteiger partial charge in [-0.15, -0.1) is 0 Å². The van der Waals surface area contributed by atoms with Crippen molar-refractivity contribution >= 4 is 24.0 Å². The van der Waals surface area contributed by atoms with Gasteiger partial charge in [-0.3, -0.25) is 9.59 Å². The first-order valence-electron chi connectivity index (χ1n) is 12.1. The average Bonchev–Trinajstić information content (AvgIpc) is 2.70. The molecule has 4 nitrogen and oxygen atoms in total. The van der Waals surface area contributed by atoms with E-state index in [1.165, 1.54) is 115 Å². The second-order valence-corrected chi connectivity index (χ2v) is 9.51. The lowest BCUT2D eigenvalue weighted by atomic mass is 10.0. The molecular formula is C24H46O4S. The first-order chi connectivity index (χ1) is 14.1. The third-order valence-corrected chi connectivity index (χ3v) is 6.16. The van der Waals surface area contributed by atoms with Gasteiger partial charge in [0.1, 0.15) is 0 Å². The molecule has 0 aliphatic carbocycles. The first kappa shape index (κ1) is 28.3. The molecule has 0 amide bonds. The number of hydrogen-bond acceptors (Lipinski definition) is 4. The standard InChI is InChI=1S/C24H46O4S/c1-3-4-5-6-7-8-9-10-11-12-13-14-15-16-17-18-19-22(2)29-28-24(27)21-20-23(25)26/h22H,3-21H2,1-2H3,(H,25,26). The molecule has 0 saturated carbocycles. The number of carboxylic acids is 1. The molecule has 172 valence electrons. The Bertz CT molecular complexity index is 387. The highest BCUT2D eigenvalue weighted by Crippen LogP contribution is 2.20. The Morgan fingerprint density at radius 3 is 1.55 bits per heavy atom. The van der Waals surface area contributed by atoms with E-state index in [0.717, 1.165) is 6.42 Å². The van der Waals surface area contributed by atoms with Crippen LogP contribution in [0.15, 0.2) is 0 Å². The van der Waals surface area contributed by atoms with Crippen LogP contribution in [-0.4, -0.2) is 22.3 Å². The molecular weight excluding hydrogens is 384 g/mol. The lowest BCUT2D eigenvalue weighted by molar-refractivity contribution is -0.141. The molecule has 0 aromatic rings. The van der Waals surface area contributed by atoms with Crippen molar-refractivity contribution in [2.24, 2.45) is 0 Å². The lowest BCUT2D eigenvalue weighted by Crippen LogP contribution is -2.06. The fourth-order valence-corrected chi connectivity index (χ4v) is 4.03. The van der Waals surface area contributed by atoms with E-state index < -0.39 is 11.9 Å². The Labute approximate surface area is 184 Å². The van der Waals surface area contributed by atoms with Gasteiger partial charge in [0.2, 0.25) is 0 Å². The number of hydrogen-bond donors (Lipinski definition) is 1. The number of carbonyl (C=O) groups is 2. The van der Waals surface area contributed by atoms with E-state index in [4.69, 9.17) is 9.29 Å². The molecule has 5 heteroatoms. The summed E-state index contributed by atoms with van der Waals surface area (Å²) < 4.78 is 5.05. The van der Waals surface area contributed by atoms with Crippen molar-refractivity contribution in [3.8, 4) is 0 Å². The number of rotatable bonds is 22. The number of unbranched alkanes of at least 4 members (excludes halogenated alkanes) is 15. The molecule has 1 unspecified atom stereocenters. The zero-order chi connectivity index (χ0) is 21.6. The zero-order valence-corrected chi connectivity index (χ0v) is 19.9. The molecule has 0 rings (SSSR count). The summed E-state index contributed by atoms with van der Waals surface area (Å²) >= 11 is 1.18. The van der Waals surface area contributed by atoms with Gasteiger partial charge in [0.05, 0.1) is 24.9 Å². The Morgan fingerprint density at radius 1 is 0.724 bits per heavy atom. The van der Waals surface area contributed by atoms with Gasteiger partial charge in [0.25, 0.3) is 0 Å². The molecule has 0 radical (unpaired) electrons. The Balaban J connectivity index is 3.23. The minimum Gasteiger partial charge on any atom is -0.481 e. The first-order valence-corrected chi connectivity index (χ1v) is 12.9. The third-order valence-electron chi connectivity index (χ3n) is 5.31. The second kappa shape index (κ2) is 22.0. The Kier molecular flexibility index (Phi) is 21.4. The Morgan fingerprint density at radius 2 is 1.14 bits per heavy atom. The second-order valence-electron chi connectivity index (χ2n) is 8.35. The van der Waals surface area contributed by atoms with E-state index in [2.05, 4.69) is 13.8 Å². The van der Waals surface area contributed by atoms with Crippen LogP contribution in [0.25, 0.3) is 0 Å². The average molecular weight is 431 g/mol. The largest absolute Gasteiger partial charge is 0.481 e. The summed E-state index contributed by atoms with van der Waals surface area (Å²) in [4.78, 5) is 21.8. The molecule has 29 heavy (non-hydrogen) atoms. The van der Waals surface area contributed by atoms with Gasteiger partial charge < -0.3 is 9.29 Å². The maximum atomic E-state index is 11.4. The van der Waals surface area contributed by atoms with E-state index in [1.807, 2.05) is 0 Å². The smallest absolute Gasteiger partial charge is 0.318 e. The van der Waals surface area contributed by atoms with E-state index >= 15 is 0 Å². The molecule has 0 aliphatic heterocycles. The van der Waals surface area contributed by atoms with Crippen molar-refractivity contribution in [1.29, 1.82) is 0 Å². The monoisotopic (exact) mass is 430 g/mol. The zero-order valence-electron chi connectivity index (χ0n) is 19.1. The van der Waals surface area contributed by atoms with Crippen LogP contribution >= 0.6 is 12.0 Å². The van der Waals surface area contributed by atoms with Crippen molar-refractivity contribution in [1.82, 2.24) is 0 Å². The highest BCUT2D eigenvalue weighted by Gasteiger charge is 2.10. The summed E-state index contributed by atoms with van der Waals surface area (Å²) in [7, 11) is 0. The molecule has 0 heterocycles. The van der Waals surface area contributed by atoms with Gasteiger partial charge in [0.15, 0.2) is 0 Å². The SMILES string of the molecule is CCCCCCCCCCCCCCCCCCC(C)SOC(=O)CCC(=O)O. The van der Waals surface area contributed by atoms with Crippen molar-refractivity contribution in [2.45, 2.75) is 141 Å². The van der Waals surface area contributed by atoms with Crippen molar-refractivity contribution in [2.75, 3.05) is 0 Å². The normalized spacial score (nSPS) is 12.1. The maximum absolute atomic E-state index is 11.4. The summed E-state index contributed by atoms with van der Waals surface area (Å²) in [5.74, 6) is -1.40. The molecule has 0 aromatic carbocycles. The van der Waals surface area contributed by atoms with Gasteiger partial charge in [-0.25, -0.2) is 0 Å². The van der Waals surface area contributed by atoms with E-state index in [1.54, 1.807) is 0 Å². The van der Waals surface area contributed by atoms with Gasteiger partial charge in [-0.1, -0.05) is 117 Å². The maximum Gasteiger partial charge on any atom is 0.318 e. The van der Waals surface area contributed by atoms with Crippen LogP contribution in [0.4, 0.5) is 0 Å². The summed E-state index contributed by atoms with van der Waals surface area (Å²) in [6.07, 6.45) is 22.8. The Hall–Kier alpha value is -0.710. The fourth-order valence-electron chi connectivity index (χ4n) is 3.41. The predicted molar refractivity (Wildman–Crippen MR) is 124 cm³/mol. The number of carboxylic acid groups (broad SMARTS) is 1. The van der Waals surface area contributed by atoms with E-state index in [9.17, 15) is 9.59 Å². The summed E-state index contributed by atoms with van der Waals surface area (Å²) in [6, 6.07) is 0. The summed E-state index contributed by atoms with van der Waals surface area (Å²) in [6.45, 7) is 4.33. The van der Waals surface area contributed by atoms with Crippen molar-refractivity contribution < 1.29 is 18.9 Å². The highest BCUT2D eigenvalue weighted by atomic mass is 32.2. The minimum atomic E-state index is -0.965. The van der Waals surface area contributed by atoms with Gasteiger partial charge in [-0.05, 0) is 6.42 Å². The van der Waals surface area contributed by atoms with Crippen LogP contribution in [0.2, 0.25) is 0 Å². The molecule has 0 spiro atoms. The van der Waals surface area contributed by atoms with Gasteiger partial charge >= 0.3 is 11.9 Å². The summed E-state index contributed by atoms with van der Waals surface area (Å²) in [5.41, 5.74) is 0. The topological polar surface area (TPSA) is 63.6 Å². The van der Waals surface area contributed by atoms with Crippen molar-refractivity contribution in [3.63, 3.8) is 0 Å². The molecule has 1 N–H and O–H groups in total. The van der Waals surface area contributed by atoms with Crippen LogP contribution in [0.5, 0.6) is 0 Å². The van der Waals surface area contributed by atoms with Crippen LogP contribution in [0.3, 0.4) is 0 Å². The molecule has 0 saturated heterocycles. The highest BCUT2D eigenvalue weighted by molar-refractivity contribution is 7.95. The fraction of sp³-hybridized carbons (Fsp3) is 0.917. The van der Waals surface area contributed by atoms with Crippen LogP contribution in [-0.2, 0) is 13.8 Å². The molecule has 0 aromatic heterocycles. The van der Waals surface area contributed by atoms with Gasteiger partial charge in [-0.2, -0.15) is 0 Å². The minimum absolute atomic E-state index is 0.0475. The third kappa shape index (κ3) is 23.4. The van der Waals surface area contributed by atoms with E-state index in [0.29, 0.717) is 0 Å². The number of carbonyl (C=O) groups excluding carboxylic acids is 1. The lowest BCUT2D eigenvalue weighted by Gasteiger charge is -2.10. The van der Waals surface area contributed by atoms with Crippen LogP contribution < -0.4 is 0 Å². The van der Waals surface area contributed by atoms with Crippen LogP contribution in [0, 0.1) is 0 Å². The molecule has 1 atom stereocenters.